The Kier molecular flexibility index (Phi) is 5.76. The van der Waals surface area contributed by atoms with Crippen LogP contribution in [0, 0.1) is 6.92 Å². The van der Waals surface area contributed by atoms with Crippen LogP contribution in [-0.2, 0) is 7.05 Å². The van der Waals surface area contributed by atoms with Crippen molar-refractivity contribution in [3.8, 4) is 0 Å². The van der Waals surface area contributed by atoms with Gasteiger partial charge in [-0.05, 0) is 55.7 Å². The van der Waals surface area contributed by atoms with E-state index in [0.717, 1.165) is 39.6 Å². The molecule has 1 fully saturated rings. The minimum absolute atomic E-state index is 0.0575. The van der Waals surface area contributed by atoms with Crippen LogP contribution in [0.1, 0.15) is 18.4 Å². The molecule has 1 aliphatic rings. The fourth-order valence-electron chi connectivity index (χ4n) is 3.78. The van der Waals surface area contributed by atoms with Gasteiger partial charge in [-0.1, -0.05) is 28.1 Å². The van der Waals surface area contributed by atoms with Crippen molar-refractivity contribution in [1.82, 2.24) is 14.9 Å². The molecule has 30 heavy (non-hydrogen) atoms. The number of rotatable bonds is 3. The van der Waals surface area contributed by atoms with Gasteiger partial charge in [0.2, 0.25) is 0 Å². The molecule has 0 radical (unpaired) electrons. The van der Waals surface area contributed by atoms with E-state index < -0.39 is 0 Å². The molecule has 2 heterocycles. The van der Waals surface area contributed by atoms with E-state index in [1.807, 2.05) is 54.3 Å². The fraction of sp³-hybridized carbons (Fsp3) is 0.318. The summed E-state index contributed by atoms with van der Waals surface area (Å²) in [7, 11) is 1.78. The molecular weight excluding hydrogens is 446 g/mol. The highest BCUT2D eigenvalue weighted by Gasteiger charge is 2.24. The summed E-state index contributed by atoms with van der Waals surface area (Å²) in [5, 5.41) is 5.92. The predicted octanol–water partition coefficient (Wildman–Crippen LogP) is 3.79. The van der Waals surface area contributed by atoms with Crippen LogP contribution in [-0.4, -0.2) is 34.7 Å². The van der Waals surface area contributed by atoms with Gasteiger partial charge in [0.1, 0.15) is 0 Å². The molecule has 0 saturated carbocycles. The molecule has 0 aliphatic carbocycles. The maximum absolute atomic E-state index is 12.8. The van der Waals surface area contributed by atoms with Gasteiger partial charge >= 0.3 is 6.03 Å². The number of hydrogen-bond acceptors (Lipinski definition) is 4. The zero-order valence-corrected chi connectivity index (χ0v) is 18.6. The molecule has 0 atom stereocenters. The third kappa shape index (κ3) is 4.18. The van der Waals surface area contributed by atoms with Crippen LogP contribution in [0.5, 0.6) is 0 Å². The smallest absolute Gasteiger partial charge is 0.319 e. The molecule has 7 nitrogen and oxygen atoms in total. The summed E-state index contributed by atoms with van der Waals surface area (Å²) in [6.45, 7) is 3.32. The van der Waals surface area contributed by atoms with Crippen molar-refractivity contribution >= 4 is 44.5 Å². The van der Waals surface area contributed by atoms with E-state index in [0.29, 0.717) is 18.9 Å². The van der Waals surface area contributed by atoms with Crippen molar-refractivity contribution in [1.29, 1.82) is 0 Å². The van der Waals surface area contributed by atoms with Crippen molar-refractivity contribution < 1.29 is 4.79 Å². The molecule has 2 N–H and O–H groups in total. The number of hydrogen-bond donors (Lipinski definition) is 2. The number of fused-ring (bicyclic) bond motifs is 1. The first kappa shape index (κ1) is 20.4. The number of carbonyl (C=O) groups excluding carboxylic acids is 1. The average Bonchev–Trinajstić information content (AvgIpc) is 2.74. The molecular formula is C22H24BrN5O2. The zero-order valence-electron chi connectivity index (χ0n) is 17.0. The van der Waals surface area contributed by atoms with Crippen LogP contribution in [0.15, 0.2) is 51.7 Å². The first-order valence-electron chi connectivity index (χ1n) is 9.97. The van der Waals surface area contributed by atoms with Crippen LogP contribution in [0.25, 0.3) is 11.0 Å². The number of amides is 2. The Morgan fingerprint density at radius 3 is 2.63 bits per heavy atom. The Hall–Kier alpha value is -2.87. The molecule has 156 valence electrons. The van der Waals surface area contributed by atoms with E-state index in [1.54, 1.807) is 11.6 Å². The quantitative estimate of drug-likeness (QED) is 0.611. The van der Waals surface area contributed by atoms with Crippen molar-refractivity contribution in [2.75, 3.05) is 23.3 Å². The van der Waals surface area contributed by atoms with Crippen molar-refractivity contribution in [2.45, 2.75) is 25.8 Å². The summed E-state index contributed by atoms with van der Waals surface area (Å²) < 4.78 is 2.66. The minimum Gasteiger partial charge on any atom is -0.352 e. The number of nitrogens with one attached hydrogen (secondary N) is 2. The molecule has 2 aromatic carbocycles. The molecule has 0 unspecified atom stereocenters. The maximum atomic E-state index is 12.8. The monoisotopic (exact) mass is 469 g/mol. The second-order valence-electron chi connectivity index (χ2n) is 7.61. The summed E-state index contributed by atoms with van der Waals surface area (Å²) in [4.78, 5) is 31.8. The topological polar surface area (TPSA) is 79.3 Å². The number of halogens is 1. The number of piperidine rings is 1. The summed E-state index contributed by atoms with van der Waals surface area (Å²) in [6, 6.07) is 13.2. The van der Waals surface area contributed by atoms with Crippen molar-refractivity contribution in [2.24, 2.45) is 7.05 Å². The lowest BCUT2D eigenvalue weighted by Crippen LogP contribution is -2.47. The van der Waals surface area contributed by atoms with Crippen LogP contribution >= 0.6 is 15.9 Å². The van der Waals surface area contributed by atoms with Gasteiger partial charge in [-0.15, -0.1) is 0 Å². The van der Waals surface area contributed by atoms with E-state index in [9.17, 15) is 9.59 Å². The first-order chi connectivity index (χ1) is 14.4. The zero-order chi connectivity index (χ0) is 21.3. The molecule has 2 amide bonds. The standard InChI is InChI=1S/C22H24BrN5O2/c1-14-13-16(7-8-17(14)23)25-22(30)24-15-9-11-28(12-10-15)20-21(29)27(2)19-6-4-3-5-18(19)26-20/h3-8,13,15H,9-12H2,1-2H3,(H2,24,25,30). The van der Waals surface area contributed by atoms with Gasteiger partial charge in [0.25, 0.3) is 5.56 Å². The molecule has 0 bridgehead atoms. The average molecular weight is 470 g/mol. The number of nitrogens with zero attached hydrogens (tertiary/aromatic N) is 3. The Morgan fingerprint density at radius 1 is 1.17 bits per heavy atom. The molecule has 8 heteroatoms. The summed E-state index contributed by atoms with van der Waals surface area (Å²) in [6.07, 6.45) is 1.51. The van der Waals surface area contributed by atoms with Crippen LogP contribution in [0.3, 0.4) is 0 Å². The predicted molar refractivity (Wildman–Crippen MR) is 123 cm³/mol. The van der Waals surface area contributed by atoms with Gasteiger partial charge in [0.05, 0.1) is 11.0 Å². The summed E-state index contributed by atoms with van der Waals surface area (Å²) in [5.74, 6) is 0.476. The maximum Gasteiger partial charge on any atom is 0.319 e. The van der Waals surface area contributed by atoms with Gasteiger partial charge in [-0.2, -0.15) is 0 Å². The van der Waals surface area contributed by atoms with Gasteiger partial charge in [-0.25, -0.2) is 9.78 Å². The molecule has 4 rings (SSSR count). The lowest BCUT2D eigenvalue weighted by atomic mass is 10.1. The Bertz CT molecular complexity index is 1150. The van der Waals surface area contributed by atoms with E-state index in [1.165, 1.54) is 0 Å². The van der Waals surface area contributed by atoms with Crippen LogP contribution < -0.4 is 21.1 Å². The lowest BCUT2D eigenvalue weighted by Gasteiger charge is -2.33. The minimum atomic E-state index is -0.213. The number of aryl methyl sites for hydroxylation is 2. The molecule has 1 saturated heterocycles. The summed E-state index contributed by atoms with van der Waals surface area (Å²) >= 11 is 3.46. The molecule has 3 aromatic rings. The number of anilines is 2. The number of urea groups is 1. The highest BCUT2D eigenvalue weighted by atomic mass is 79.9. The van der Waals surface area contributed by atoms with Gasteiger partial charge in [0.15, 0.2) is 5.82 Å². The normalized spacial score (nSPS) is 14.7. The van der Waals surface area contributed by atoms with Gasteiger partial charge in [0, 0.05) is 36.3 Å². The highest BCUT2D eigenvalue weighted by Crippen LogP contribution is 2.21. The largest absolute Gasteiger partial charge is 0.352 e. The van der Waals surface area contributed by atoms with Crippen LogP contribution in [0.4, 0.5) is 16.3 Å². The third-order valence-electron chi connectivity index (χ3n) is 5.51. The van der Waals surface area contributed by atoms with E-state index in [-0.39, 0.29) is 17.6 Å². The summed E-state index contributed by atoms with van der Waals surface area (Å²) in [5.41, 5.74) is 3.35. The molecule has 1 aliphatic heterocycles. The van der Waals surface area contributed by atoms with Gasteiger partial charge < -0.3 is 20.1 Å². The Balaban J connectivity index is 1.39. The lowest BCUT2D eigenvalue weighted by molar-refractivity contribution is 0.246. The van der Waals surface area contributed by atoms with Crippen molar-refractivity contribution in [3.63, 3.8) is 0 Å². The van der Waals surface area contributed by atoms with Crippen LogP contribution in [0.2, 0.25) is 0 Å². The third-order valence-corrected chi connectivity index (χ3v) is 6.40. The second-order valence-corrected chi connectivity index (χ2v) is 8.47. The number of aromatic nitrogens is 2. The fourth-order valence-corrected chi connectivity index (χ4v) is 4.03. The first-order valence-corrected chi connectivity index (χ1v) is 10.8. The number of para-hydroxylation sites is 2. The van der Waals surface area contributed by atoms with E-state index in [4.69, 9.17) is 0 Å². The Morgan fingerprint density at radius 2 is 1.90 bits per heavy atom. The number of carbonyl (C=O) groups is 1. The van der Waals surface area contributed by atoms with E-state index >= 15 is 0 Å². The van der Waals surface area contributed by atoms with E-state index in [2.05, 4.69) is 31.5 Å². The highest BCUT2D eigenvalue weighted by molar-refractivity contribution is 9.10. The molecule has 0 spiro atoms. The second kappa shape index (κ2) is 8.47. The number of benzene rings is 2. The Labute approximate surface area is 183 Å². The SMILES string of the molecule is Cc1cc(NC(=O)NC2CCN(c3nc4ccccc4n(C)c3=O)CC2)ccc1Br. The van der Waals surface area contributed by atoms with Gasteiger partial charge in [-0.3, -0.25) is 4.79 Å². The molecule has 1 aromatic heterocycles. The van der Waals surface area contributed by atoms with Crippen molar-refractivity contribution in [3.05, 3.63) is 62.9 Å².